The van der Waals surface area contributed by atoms with Gasteiger partial charge >= 0.3 is 5.97 Å². The summed E-state index contributed by atoms with van der Waals surface area (Å²) in [7, 11) is 2.07. The molecule has 2 rings (SSSR count). The summed E-state index contributed by atoms with van der Waals surface area (Å²) in [4.78, 5) is 26.7. The van der Waals surface area contributed by atoms with Gasteiger partial charge in [-0.3, -0.25) is 14.9 Å². The smallest absolute Gasteiger partial charge is 0.310 e. The van der Waals surface area contributed by atoms with Gasteiger partial charge in [0, 0.05) is 43.5 Å². The molecule has 0 aliphatic carbocycles. The maximum absolute atomic E-state index is 11.7. The standard InChI is InChI=1S/C15H21N3O4/c1-3-22-15(19)11-12-10-13(4-5-14(12)18(20)21)17-8-6-16(2)7-9-17/h4-5,10H,3,6-9,11H2,1-2H3. The number of nitro groups is 1. The quantitative estimate of drug-likeness (QED) is 0.465. The van der Waals surface area contributed by atoms with Crippen LogP contribution in [0.3, 0.4) is 0 Å². The molecule has 1 saturated heterocycles. The van der Waals surface area contributed by atoms with E-state index in [1.54, 1.807) is 19.1 Å². The van der Waals surface area contributed by atoms with Crippen LogP contribution < -0.4 is 4.90 Å². The van der Waals surface area contributed by atoms with Crippen LogP contribution in [0.2, 0.25) is 0 Å². The fourth-order valence-corrected chi connectivity index (χ4v) is 2.52. The number of piperazine rings is 1. The molecule has 0 spiro atoms. The Balaban J connectivity index is 2.22. The minimum atomic E-state index is -0.456. The average molecular weight is 307 g/mol. The topological polar surface area (TPSA) is 75.9 Å². The zero-order chi connectivity index (χ0) is 16.1. The Hall–Kier alpha value is -2.15. The van der Waals surface area contributed by atoms with Crippen LogP contribution in [0, 0.1) is 10.1 Å². The van der Waals surface area contributed by atoms with E-state index < -0.39 is 10.9 Å². The van der Waals surface area contributed by atoms with Crippen LogP contribution in [0.15, 0.2) is 18.2 Å². The molecular weight excluding hydrogens is 286 g/mol. The SMILES string of the molecule is CCOC(=O)Cc1cc(N2CCN(C)CC2)ccc1[N+](=O)[O-]. The lowest BCUT2D eigenvalue weighted by Crippen LogP contribution is -2.44. The highest BCUT2D eigenvalue weighted by molar-refractivity contribution is 5.75. The molecule has 7 heteroatoms. The molecule has 1 heterocycles. The highest BCUT2D eigenvalue weighted by atomic mass is 16.6. The van der Waals surface area contributed by atoms with Gasteiger partial charge in [0.2, 0.25) is 0 Å². The first-order valence-corrected chi connectivity index (χ1v) is 7.37. The summed E-state index contributed by atoms with van der Waals surface area (Å²) in [6.45, 7) is 5.62. The van der Waals surface area contributed by atoms with Gasteiger partial charge in [-0.05, 0) is 26.1 Å². The Labute approximate surface area is 129 Å². The second kappa shape index (κ2) is 7.22. The number of nitro benzene ring substituents is 1. The van der Waals surface area contributed by atoms with E-state index >= 15 is 0 Å². The molecule has 1 aromatic carbocycles. The van der Waals surface area contributed by atoms with Crippen molar-refractivity contribution in [3.05, 3.63) is 33.9 Å². The second-order valence-corrected chi connectivity index (χ2v) is 5.34. The summed E-state index contributed by atoms with van der Waals surface area (Å²) in [5.41, 5.74) is 1.28. The molecule has 22 heavy (non-hydrogen) atoms. The van der Waals surface area contributed by atoms with E-state index in [2.05, 4.69) is 16.8 Å². The molecule has 1 aliphatic heterocycles. The third-order valence-corrected chi connectivity index (χ3v) is 3.77. The molecule has 120 valence electrons. The van der Waals surface area contributed by atoms with Crippen molar-refractivity contribution in [1.82, 2.24) is 4.90 Å². The van der Waals surface area contributed by atoms with E-state index in [-0.39, 0.29) is 18.7 Å². The van der Waals surface area contributed by atoms with Crippen LogP contribution in [0.25, 0.3) is 0 Å². The summed E-state index contributed by atoms with van der Waals surface area (Å²) >= 11 is 0. The number of ether oxygens (including phenoxy) is 1. The molecule has 1 aliphatic rings. The number of hydrogen-bond acceptors (Lipinski definition) is 6. The maximum Gasteiger partial charge on any atom is 0.310 e. The number of esters is 1. The third-order valence-electron chi connectivity index (χ3n) is 3.77. The fourth-order valence-electron chi connectivity index (χ4n) is 2.52. The van der Waals surface area contributed by atoms with Crippen LogP contribution >= 0.6 is 0 Å². The Morgan fingerprint density at radius 2 is 2.00 bits per heavy atom. The van der Waals surface area contributed by atoms with E-state index in [9.17, 15) is 14.9 Å². The first-order valence-electron chi connectivity index (χ1n) is 7.37. The van der Waals surface area contributed by atoms with Crippen molar-refractivity contribution >= 4 is 17.3 Å². The lowest BCUT2D eigenvalue weighted by molar-refractivity contribution is -0.385. The summed E-state index contributed by atoms with van der Waals surface area (Å²) in [5.74, 6) is -0.443. The van der Waals surface area contributed by atoms with Gasteiger partial charge in [-0.2, -0.15) is 0 Å². The van der Waals surface area contributed by atoms with Gasteiger partial charge in [0.1, 0.15) is 0 Å². The summed E-state index contributed by atoms with van der Waals surface area (Å²) in [6.07, 6.45) is -0.0776. The Morgan fingerprint density at radius 3 is 2.59 bits per heavy atom. The van der Waals surface area contributed by atoms with Crippen molar-refractivity contribution in [2.75, 3.05) is 44.7 Å². The zero-order valence-electron chi connectivity index (χ0n) is 12.9. The summed E-state index contributed by atoms with van der Waals surface area (Å²) in [5, 5.41) is 11.1. The van der Waals surface area contributed by atoms with Crippen molar-refractivity contribution in [3.8, 4) is 0 Å². The van der Waals surface area contributed by atoms with Crippen molar-refractivity contribution in [3.63, 3.8) is 0 Å². The Bertz CT molecular complexity index is 554. The van der Waals surface area contributed by atoms with Gasteiger partial charge < -0.3 is 14.5 Å². The van der Waals surface area contributed by atoms with E-state index in [1.807, 2.05) is 0 Å². The van der Waals surface area contributed by atoms with Crippen LogP contribution in [-0.4, -0.2) is 55.6 Å². The van der Waals surface area contributed by atoms with Crippen molar-refractivity contribution < 1.29 is 14.5 Å². The number of carbonyl (C=O) groups is 1. The molecule has 0 amide bonds. The average Bonchev–Trinajstić information content (AvgIpc) is 2.48. The molecule has 0 bridgehead atoms. The number of carbonyl (C=O) groups excluding carboxylic acids is 1. The number of hydrogen-bond donors (Lipinski definition) is 0. The molecule has 0 atom stereocenters. The van der Waals surface area contributed by atoms with E-state index in [1.165, 1.54) is 6.07 Å². The van der Waals surface area contributed by atoms with Crippen molar-refractivity contribution in [2.24, 2.45) is 0 Å². The lowest BCUT2D eigenvalue weighted by Gasteiger charge is -2.34. The monoisotopic (exact) mass is 307 g/mol. The molecule has 0 unspecified atom stereocenters. The van der Waals surface area contributed by atoms with Gasteiger partial charge in [-0.15, -0.1) is 0 Å². The Kier molecular flexibility index (Phi) is 5.32. The summed E-state index contributed by atoms with van der Waals surface area (Å²) < 4.78 is 4.90. The minimum absolute atomic E-state index is 0.0362. The maximum atomic E-state index is 11.7. The lowest BCUT2D eigenvalue weighted by atomic mass is 10.1. The van der Waals surface area contributed by atoms with Gasteiger partial charge in [0.15, 0.2) is 0 Å². The third kappa shape index (κ3) is 3.94. The van der Waals surface area contributed by atoms with Gasteiger partial charge in [0.05, 0.1) is 18.0 Å². The second-order valence-electron chi connectivity index (χ2n) is 5.34. The number of anilines is 1. The molecule has 1 aromatic rings. The zero-order valence-corrected chi connectivity index (χ0v) is 12.9. The number of nitrogens with zero attached hydrogens (tertiary/aromatic N) is 3. The van der Waals surface area contributed by atoms with E-state index in [0.29, 0.717) is 5.56 Å². The first kappa shape index (κ1) is 16.2. The highest BCUT2D eigenvalue weighted by Crippen LogP contribution is 2.26. The molecule has 0 saturated carbocycles. The normalized spacial score (nSPS) is 15.6. The molecule has 0 N–H and O–H groups in total. The van der Waals surface area contributed by atoms with Crippen LogP contribution in [0.1, 0.15) is 12.5 Å². The van der Waals surface area contributed by atoms with Crippen molar-refractivity contribution in [1.29, 1.82) is 0 Å². The number of likely N-dealkylation sites (N-methyl/N-ethyl adjacent to an activating group) is 1. The van der Waals surface area contributed by atoms with E-state index in [4.69, 9.17) is 4.74 Å². The predicted molar refractivity (Wildman–Crippen MR) is 83.1 cm³/mol. The fraction of sp³-hybridized carbons (Fsp3) is 0.533. The Morgan fingerprint density at radius 1 is 1.32 bits per heavy atom. The van der Waals surface area contributed by atoms with Gasteiger partial charge in [-0.1, -0.05) is 0 Å². The largest absolute Gasteiger partial charge is 0.466 e. The minimum Gasteiger partial charge on any atom is -0.466 e. The molecule has 7 nitrogen and oxygen atoms in total. The molecule has 1 fully saturated rings. The molecular formula is C15H21N3O4. The van der Waals surface area contributed by atoms with Crippen LogP contribution in [-0.2, 0) is 16.0 Å². The van der Waals surface area contributed by atoms with Gasteiger partial charge in [0.25, 0.3) is 5.69 Å². The van der Waals surface area contributed by atoms with E-state index in [0.717, 1.165) is 31.9 Å². The first-order chi connectivity index (χ1) is 10.5. The molecule has 0 radical (unpaired) electrons. The van der Waals surface area contributed by atoms with Crippen molar-refractivity contribution in [2.45, 2.75) is 13.3 Å². The number of rotatable bonds is 5. The summed E-state index contributed by atoms with van der Waals surface area (Å²) in [6, 6.07) is 4.96. The number of benzene rings is 1. The molecule has 0 aromatic heterocycles. The van der Waals surface area contributed by atoms with Crippen LogP contribution in [0.5, 0.6) is 0 Å². The van der Waals surface area contributed by atoms with Gasteiger partial charge in [-0.25, -0.2) is 0 Å². The van der Waals surface area contributed by atoms with Crippen LogP contribution in [0.4, 0.5) is 11.4 Å². The highest BCUT2D eigenvalue weighted by Gasteiger charge is 2.21. The predicted octanol–water partition coefficient (Wildman–Crippen LogP) is 1.45.